The van der Waals surface area contributed by atoms with Crippen LogP contribution in [0.3, 0.4) is 0 Å². The maximum absolute atomic E-state index is 11.7. The Bertz CT molecular complexity index is 950. The SMILES string of the molecule is CCc1cn[nH]c1C1CCCN(c2cc(C(=O)O)c3ccccc3n2)C1. The molecule has 1 fully saturated rings. The molecule has 1 unspecified atom stereocenters. The molecule has 1 saturated heterocycles. The summed E-state index contributed by atoms with van der Waals surface area (Å²) in [6.45, 7) is 3.84. The van der Waals surface area contributed by atoms with Gasteiger partial charge in [0.1, 0.15) is 5.82 Å². The Hall–Kier alpha value is -2.89. The van der Waals surface area contributed by atoms with Crippen molar-refractivity contribution in [2.75, 3.05) is 18.0 Å². The molecule has 134 valence electrons. The highest BCUT2D eigenvalue weighted by atomic mass is 16.4. The number of carboxylic acid groups (broad SMARTS) is 1. The Morgan fingerprint density at radius 1 is 1.38 bits per heavy atom. The average molecular weight is 350 g/mol. The molecule has 0 aliphatic carbocycles. The van der Waals surface area contributed by atoms with Crippen LogP contribution in [-0.4, -0.2) is 39.3 Å². The lowest BCUT2D eigenvalue weighted by Gasteiger charge is -2.33. The molecule has 6 nitrogen and oxygen atoms in total. The number of carbonyl (C=O) groups is 1. The minimum atomic E-state index is -0.916. The van der Waals surface area contributed by atoms with Crippen molar-refractivity contribution in [2.24, 2.45) is 0 Å². The molecule has 3 aromatic rings. The standard InChI is InChI=1S/C20H22N4O2/c1-2-13-11-21-23-19(13)14-6-5-9-24(12-14)18-10-16(20(25)26)15-7-3-4-8-17(15)22-18/h3-4,7-8,10-11,14H,2,5-6,9,12H2,1H3,(H,21,23)(H,25,26). The Morgan fingerprint density at radius 3 is 3.04 bits per heavy atom. The molecular weight excluding hydrogens is 328 g/mol. The predicted molar refractivity (Wildman–Crippen MR) is 101 cm³/mol. The Labute approximate surface area is 151 Å². The summed E-state index contributed by atoms with van der Waals surface area (Å²) >= 11 is 0. The van der Waals surface area contributed by atoms with Crippen molar-refractivity contribution in [3.63, 3.8) is 0 Å². The second-order valence-electron chi connectivity index (χ2n) is 6.80. The van der Waals surface area contributed by atoms with Gasteiger partial charge < -0.3 is 10.0 Å². The topological polar surface area (TPSA) is 82.1 Å². The van der Waals surface area contributed by atoms with Gasteiger partial charge in [-0.15, -0.1) is 0 Å². The molecule has 0 amide bonds. The van der Waals surface area contributed by atoms with Crippen LogP contribution in [0.25, 0.3) is 10.9 Å². The first kappa shape index (κ1) is 16.6. The Morgan fingerprint density at radius 2 is 2.23 bits per heavy atom. The first-order valence-corrected chi connectivity index (χ1v) is 9.07. The number of nitrogens with zero attached hydrogens (tertiary/aromatic N) is 3. The van der Waals surface area contributed by atoms with E-state index < -0.39 is 5.97 Å². The van der Waals surface area contributed by atoms with Crippen LogP contribution in [0, 0.1) is 0 Å². The van der Waals surface area contributed by atoms with E-state index in [1.807, 2.05) is 30.5 Å². The zero-order valence-electron chi connectivity index (χ0n) is 14.8. The molecule has 1 aromatic carbocycles. The van der Waals surface area contributed by atoms with Crippen LogP contribution in [0.1, 0.15) is 47.3 Å². The molecular formula is C20H22N4O2. The highest BCUT2D eigenvalue weighted by Gasteiger charge is 2.26. The van der Waals surface area contributed by atoms with Gasteiger partial charge in [0.25, 0.3) is 0 Å². The molecule has 1 aliphatic heterocycles. The van der Waals surface area contributed by atoms with Gasteiger partial charge in [-0.3, -0.25) is 5.10 Å². The first-order valence-electron chi connectivity index (χ1n) is 9.07. The monoisotopic (exact) mass is 350 g/mol. The number of rotatable bonds is 4. The summed E-state index contributed by atoms with van der Waals surface area (Å²) in [4.78, 5) is 18.7. The number of pyridine rings is 1. The number of hydrogen-bond acceptors (Lipinski definition) is 4. The lowest BCUT2D eigenvalue weighted by molar-refractivity contribution is 0.0699. The van der Waals surface area contributed by atoms with Gasteiger partial charge in [0.15, 0.2) is 0 Å². The normalized spacial score (nSPS) is 17.6. The lowest BCUT2D eigenvalue weighted by Crippen LogP contribution is -2.35. The van der Waals surface area contributed by atoms with Crippen LogP contribution in [0.5, 0.6) is 0 Å². The van der Waals surface area contributed by atoms with Crippen LogP contribution in [0.15, 0.2) is 36.5 Å². The van der Waals surface area contributed by atoms with Crippen molar-refractivity contribution in [1.82, 2.24) is 15.2 Å². The maximum atomic E-state index is 11.7. The number of aryl methyl sites for hydroxylation is 1. The van der Waals surface area contributed by atoms with Crippen molar-refractivity contribution in [1.29, 1.82) is 0 Å². The number of piperidine rings is 1. The van der Waals surface area contributed by atoms with Gasteiger partial charge in [-0.05, 0) is 37.0 Å². The van der Waals surface area contributed by atoms with Crippen molar-refractivity contribution in [3.8, 4) is 0 Å². The van der Waals surface area contributed by atoms with E-state index in [4.69, 9.17) is 4.98 Å². The minimum absolute atomic E-state index is 0.309. The zero-order chi connectivity index (χ0) is 18.1. The van der Waals surface area contributed by atoms with Gasteiger partial charge in [-0.25, -0.2) is 9.78 Å². The van der Waals surface area contributed by atoms with Crippen LogP contribution in [0.4, 0.5) is 5.82 Å². The van der Waals surface area contributed by atoms with Gasteiger partial charge in [0.2, 0.25) is 0 Å². The largest absolute Gasteiger partial charge is 0.478 e. The van der Waals surface area contributed by atoms with Gasteiger partial charge in [-0.2, -0.15) is 5.10 Å². The number of anilines is 1. The molecule has 3 heterocycles. The third kappa shape index (κ3) is 2.92. The average Bonchev–Trinajstić information content (AvgIpc) is 3.16. The van der Waals surface area contributed by atoms with Crippen molar-refractivity contribution in [3.05, 3.63) is 53.3 Å². The number of para-hydroxylation sites is 1. The number of aromatic carboxylic acids is 1. The van der Waals surface area contributed by atoms with Crippen molar-refractivity contribution < 1.29 is 9.90 Å². The van der Waals surface area contributed by atoms with E-state index in [-0.39, 0.29) is 0 Å². The smallest absolute Gasteiger partial charge is 0.336 e. The van der Waals surface area contributed by atoms with E-state index >= 15 is 0 Å². The fourth-order valence-electron chi connectivity index (χ4n) is 3.88. The fourth-order valence-corrected chi connectivity index (χ4v) is 3.88. The van der Waals surface area contributed by atoms with Gasteiger partial charge in [-0.1, -0.05) is 25.1 Å². The summed E-state index contributed by atoms with van der Waals surface area (Å²) in [6.07, 6.45) is 5.01. The molecule has 1 aliphatic rings. The number of carboxylic acids is 1. The van der Waals surface area contributed by atoms with Crippen LogP contribution in [0.2, 0.25) is 0 Å². The quantitative estimate of drug-likeness (QED) is 0.751. The van der Waals surface area contributed by atoms with E-state index in [0.29, 0.717) is 16.9 Å². The Balaban J connectivity index is 1.70. The summed E-state index contributed by atoms with van der Waals surface area (Å²) < 4.78 is 0. The van der Waals surface area contributed by atoms with Gasteiger partial charge in [0.05, 0.1) is 17.3 Å². The zero-order valence-corrected chi connectivity index (χ0v) is 14.8. The third-order valence-electron chi connectivity index (χ3n) is 5.22. The lowest BCUT2D eigenvalue weighted by atomic mass is 9.92. The van der Waals surface area contributed by atoms with Gasteiger partial charge >= 0.3 is 5.97 Å². The van der Waals surface area contributed by atoms with E-state index in [1.54, 1.807) is 6.07 Å². The third-order valence-corrected chi connectivity index (χ3v) is 5.22. The molecule has 1 atom stereocenters. The number of aromatic nitrogens is 3. The van der Waals surface area contributed by atoms with Crippen LogP contribution in [-0.2, 0) is 6.42 Å². The molecule has 2 aromatic heterocycles. The molecule has 4 rings (SSSR count). The molecule has 26 heavy (non-hydrogen) atoms. The summed E-state index contributed by atoms with van der Waals surface area (Å²) in [7, 11) is 0. The molecule has 0 radical (unpaired) electrons. The predicted octanol–water partition coefficient (Wildman–Crippen LogP) is 3.60. The number of hydrogen-bond donors (Lipinski definition) is 2. The Kier molecular flexibility index (Phi) is 4.32. The fraction of sp³-hybridized carbons (Fsp3) is 0.350. The second-order valence-corrected chi connectivity index (χ2v) is 6.80. The van der Waals surface area contributed by atoms with Crippen molar-refractivity contribution in [2.45, 2.75) is 32.1 Å². The first-order chi connectivity index (χ1) is 12.7. The van der Waals surface area contributed by atoms with E-state index in [9.17, 15) is 9.90 Å². The van der Waals surface area contributed by atoms with Gasteiger partial charge in [0, 0.05) is 30.1 Å². The molecule has 6 heteroatoms. The summed E-state index contributed by atoms with van der Waals surface area (Å²) in [5, 5.41) is 17.7. The van der Waals surface area contributed by atoms with E-state index in [1.165, 1.54) is 11.3 Å². The maximum Gasteiger partial charge on any atom is 0.336 e. The number of H-pyrrole nitrogens is 1. The summed E-state index contributed by atoms with van der Waals surface area (Å²) in [5.74, 6) is 0.186. The molecule has 0 spiro atoms. The highest BCUT2D eigenvalue weighted by Crippen LogP contribution is 2.31. The number of benzene rings is 1. The second kappa shape index (κ2) is 6.78. The minimum Gasteiger partial charge on any atom is -0.478 e. The van der Waals surface area contributed by atoms with Crippen LogP contribution < -0.4 is 4.90 Å². The summed E-state index contributed by atoms with van der Waals surface area (Å²) in [6, 6.07) is 9.13. The number of aromatic amines is 1. The van der Waals surface area contributed by atoms with E-state index in [2.05, 4.69) is 22.0 Å². The number of nitrogens with one attached hydrogen (secondary N) is 1. The number of fused-ring (bicyclic) bond motifs is 1. The molecule has 2 N–H and O–H groups in total. The van der Waals surface area contributed by atoms with E-state index in [0.717, 1.165) is 43.7 Å². The molecule has 0 bridgehead atoms. The highest BCUT2D eigenvalue weighted by molar-refractivity contribution is 6.03. The van der Waals surface area contributed by atoms with Crippen LogP contribution >= 0.6 is 0 Å². The molecule has 0 saturated carbocycles. The summed E-state index contributed by atoms with van der Waals surface area (Å²) in [5.41, 5.74) is 3.50. The van der Waals surface area contributed by atoms with Crippen molar-refractivity contribution >= 4 is 22.7 Å².